The lowest BCUT2D eigenvalue weighted by atomic mass is 9.94. The minimum Gasteiger partial charge on any atom is -0.203 e. The lowest BCUT2D eigenvalue weighted by Crippen LogP contribution is -1.98. The van der Waals surface area contributed by atoms with Gasteiger partial charge in [-0.15, -0.1) is 11.3 Å². The molecule has 180 valence electrons. The van der Waals surface area contributed by atoms with Crippen molar-refractivity contribution in [3.63, 3.8) is 0 Å². The van der Waals surface area contributed by atoms with E-state index in [1.165, 1.54) is 74.6 Å². The molecule has 0 N–H and O–H groups in total. The molecule has 0 radical (unpaired) electrons. The average molecular weight is 479 g/mol. The van der Waals surface area contributed by atoms with Crippen molar-refractivity contribution < 1.29 is 8.78 Å². The zero-order chi connectivity index (χ0) is 23.5. The van der Waals surface area contributed by atoms with Crippen LogP contribution in [0.5, 0.6) is 0 Å². The fourth-order valence-corrected chi connectivity index (χ4v) is 7.31. The van der Waals surface area contributed by atoms with Crippen molar-refractivity contribution in [1.29, 1.82) is 0 Å². The monoisotopic (exact) mass is 478 g/mol. The molecule has 0 amide bonds. The second kappa shape index (κ2) is 10.7. The molecule has 0 spiro atoms. The summed E-state index contributed by atoms with van der Waals surface area (Å²) in [6.07, 6.45) is 14.1. The van der Waals surface area contributed by atoms with Gasteiger partial charge in [0.1, 0.15) is 0 Å². The maximum absolute atomic E-state index is 15.1. The van der Waals surface area contributed by atoms with E-state index in [4.69, 9.17) is 0 Å². The molecule has 2 atom stereocenters. The first kappa shape index (κ1) is 23.7. The smallest absolute Gasteiger partial charge is 0.168 e. The van der Waals surface area contributed by atoms with Crippen LogP contribution in [0.15, 0.2) is 48.5 Å². The van der Waals surface area contributed by atoms with E-state index in [2.05, 4.69) is 25.1 Å². The van der Waals surface area contributed by atoms with E-state index in [9.17, 15) is 0 Å². The topological polar surface area (TPSA) is 0 Å². The van der Waals surface area contributed by atoms with Crippen molar-refractivity contribution in [3.8, 4) is 21.6 Å². The minimum absolute atomic E-state index is 0.346. The summed E-state index contributed by atoms with van der Waals surface area (Å²) in [5, 5.41) is 0. The number of benzene rings is 2. The van der Waals surface area contributed by atoms with Gasteiger partial charge in [-0.2, -0.15) is 0 Å². The predicted octanol–water partition coefficient (Wildman–Crippen LogP) is 10.2. The molecule has 1 heterocycles. The molecule has 34 heavy (non-hydrogen) atoms. The SMILES string of the molecule is CCCC1CCC(CCc2ccc(-c3ccc(-c4ccc(C5CCCC5)cc4)c(F)c3F)s2)C1. The second-order valence-corrected chi connectivity index (χ2v) is 11.7. The third-order valence-corrected chi connectivity index (χ3v) is 9.38. The molecular weight excluding hydrogens is 442 g/mol. The van der Waals surface area contributed by atoms with Gasteiger partial charge in [-0.3, -0.25) is 0 Å². The van der Waals surface area contributed by atoms with E-state index in [1.54, 1.807) is 23.5 Å². The highest BCUT2D eigenvalue weighted by atomic mass is 32.1. The van der Waals surface area contributed by atoms with Gasteiger partial charge in [0.25, 0.3) is 0 Å². The van der Waals surface area contributed by atoms with E-state index in [0.717, 1.165) is 28.7 Å². The normalized spacial score (nSPS) is 20.9. The van der Waals surface area contributed by atoms with Crippen molar-refractivity contribution in [2.24, 2.45) is 11.8 Å². The molecule has 2 fully saturated rings. The molecule has 0 bridgehead atoms. The summed E-state index contributed by atoms with van der Waals surface area (Å²) < 4.78 is 30.3. The number of hydrogen-bond acceptors (Lipinski definition) is 1. The first-order valence-corrected chi connectivity index (χ1v) is 14.1. The van der Waals surface area contributed by atoms with Crippen molar-refractivity contribution in [3.05, 3.63) is 70.6 Å². The summed E-state index contributed by atoms with van der Waals surface area (Å²) in [7, 11) is 0. The van der Waals surface area contributed by atoms with Gasteiger partial charge in [0.05, 0.1) is 0 Å². The quantitative estimate of drug-likeness (QED) is 0.302. The minimum atomic E-state index is -0.742. The van der Waals surface area contributed by atoms with Gasteiger partial charge in [0, 0.05) is 20.9 Å². The number of thiophene rings is 1. The molecule has 3 aromatic rings. The molecule has 2 unspecified atom stereocenters. The lowest BCUT2D eigenvalue weighted by molar-refractivity contribution is 0.444. The summed E-state index contributed by atoms with van der Waals surface area (Å²) in [6, 6.07) is 15.6. The van der Waals surface area contributed by atoms with Crippen molar-refractivity contribution in [2.75, 3.05) is 0 Å². The van der Waals surface area contributed by atoms with E-state index in [0.29, 0.717) is 17.0 Å². The van der Waals surface area contributed by atoms with Crippen LogP contribution >= 0.6 is 11.3 Å². The van der Waals surface area contributed by atoms with Crippen LogP contribution in [0, 0.1) is 23.5 Å². The highest BCUT2D eigenvalue weighted by Crippen LogP contribution is 2.39. The molecule has 0 aliphatic heterocycles. The molecule has 3 heteroatoms. The Hall–Kier alpha value is -2.00. The Labute approximate surface area is 207 Å². The van der Waals surface area contributed by atoms with E-state index in [-0.39, 0.29) is 0 Å². The van der Waals surface area contributed by atoms with Crippen LogP contribution in [0.3, 0.4) is 0 Å². The Bertz CT molecular complexity index is 1090. The largest absolute Gasteiger partial charge is 0.203 e. The Kier molecular flexibility index (Phi) is 7.49. The molecule has 2 aliphatic rings. The zero-order valence-electron chi connectivity index (χ0n) is 20.3. The summed E-state index contributed by atoms with van der Waals surface area (Å²) in [4.78, 5) is 2.10. The summed E-state index contributed by atoms with van der Waals surface area (Å²) in [5.41, 5.74) is 2.79. The van der Waals surface area contributed by atoms with Crippen molar-refractivity contribution in [1.82, 2.24) is 0 Å². The molecule has 0 saturated heterocycles. The maximum atomic E-state index is 15.1. The van der Waals surface area contributed by atoms with Crippen molar-refractivity contribution >= 4 is 11.3 Å². The molecule has 0 nitrogen and oxygen atoms in total. The van der Waals surface area contributed by atoms with E-state index >= 15 is 8.78 Å². The fraction of sp³-hybridized carbons (Fsp3) is 0.484. The number of aryl methyl sites for hydroxylation is 1. The Morgan fingerprint density at radius 1 is 0.765 bits per heavy atom. The van der Waals surface area contributed by atoms with Crippen molar-refractivity contribution in [2.45, 2.75) is 83.5 Å². The van der Waals surface area contributed by atoms with Crippen LogP contribution in [0.1, 0.15) is 87.5 Å². The zero-order valence-corrected chi connectivity index (χ0v) is 21.1. The Morgan fingerprint density at radius 2 is 1.44 bits per heavy atom. The Morgan fingerprint density at radius 3 is 2.18 bits per heavy atom. The molecule has 2 aliphatic carbocycles. The highest BCUT2D eigenvalue weighted by molar-refractivity contribution is 7.15. The third-order valence-electron chi connectivity index (χ3n) is 8.20. The van der Waals surface area contributed by atoms with Crippen LogP contribution in [-0.4, -0.2) is 0 Å². The molecule has 2 saturated carbocycles. The van der Waals surface area contributed by atoms with Crippen LogP contribution in [0.4, 0.5) is 8.78 Å². The molecule has 1 aromatic heterocycles. The van der Waals surface area contributed by atoms with Gasteiger partial charge in [-0.05, 0) is 79.2 Å². The Balaban J connectivity index is 1.26. The highest BCUT2D eigenvalue weighted by Gasteiger charge is 2.24. The van der Waals surface area contributed by atoms with E-state index in [1.807, 2.05) is 18.2 Å². The molecule has 2 aromatic carbocycles. The number of rotatable bonds is 8. The predicted molar refractivity (Wildman–Crippen MR) is 140 cm³/mol. The van der Waals surface area contributed by atoms with Crippen LogP contribution in [0.25, 0.3) is 21.6 Å². The lowest BCUT2D eigenvalue weighted by Gasteiger charge is -2.12. The first-order valence-electron chi connectivity index (χ1n) is 13.3. The van der Waals surface area contributed by atoms with Crippen LogP contribution in [-0.2, 0) is 6.42 Å². The molecular formula is C31H36F2S. The van der Waals surface area contributed by atoms with E-state index < -0.39 is 11.6 Å². The number of hydrogen-bond donors (Lipinski definition) is 0. The van der Waals surface area contributed by atoms with Crippen LogP contribution < -0.4 is 0 Å². The third kappa shape index (κ3) is 5.15. The van der Waals surface area contributed by atoms with Gasteiger partial charge in [-0.25, -0.2) is 8.78 Å². The fourth-order valence-electron chi connectivity index (χ4n) is 6.27. The van der Waals surface area contributed by atoms with Gasteiger partial charge < -0.3 is 0 Å². The molecule has 5 rings (SSSR count). The summed E-state index contributed by atoms with van der Waals surface area (Å²) in [6.45, 7) is 2.28. The first-order chi connectivity index (χ1) is 16.6. The second-order valence-electron chi connectivity index (χ2n) is 10.5. The summed E-state index contributed by atoms with van der Waals surface area (Å²) in [5.74, 6) is 0.898. The average Bonchev–Trinajstić information content (AvgIpc) is 3.62. The van der Waals surface area contributed by atoms with Gasteiger partial charge in [-0.1, -0.05) is 75.8 Å². The standard InChI is InChI=1S/C31H36F2S/c1-2-5-21-8-9-22(20-21)10-15-26-16-19-29(34-26)28-18-17-27(30(32)31(28)33)25-13-11-24(12-14-25)23-6-3-4-7-23/h11-14,16-19,21-23H,2-10,15,20H2,1H3. The maximum Gasteiger partial charge on any atom is 0.168 e. The number of halogens is 2. The summed E-state index contributed by atoms with van der Waals surface area (Å²) >= 11 is 1.61. The van der Waals surface area contributed by atoms with Gasteiger partial charge in [0.2, 0.25) is 0 Å². The van der Waals surface area contributed by atoms with Gasteiger partial charge in [0.15, 0.2) is 11.6 Å². The van der Waals surface area contributed by atoms with Gasteiger partial charge >= 0.3 is 0 Å². The van der Waals surface area contributed by atoms with Crippen LogP contribution in [0.2, 0.25) is 0 Å².